The number of fused-ring (bicyclic) bond motifs is 3. The highest BCUT2D eigenvalue weighted by atomic mass is 35.5. The van der Waals surface area contributed by atoms with Crippen molar-refractivity contribution in [1.29, 1.82) is 0 Å². The first kappa shape index (κ1) is 50.7. The van der Waals surface area contributed by atoms with Gasteiger partial charge in [0.2, 0.25) is 15.9 Å². The van der Waals surface area contributed by atoms with Gasteiger partial charge in [-0.25, -0.2) is 17.6 Å². The van der Waals surface area contributed by atoms with Crippen LogP contribution in [0.2, 0.25) is 5.02 Å². The number of ether oxygens (including phenoxy) is 4. The molecule has 2 heterocycles. The second-order valence-electron chi connectivity index (χ2n) is 18.8. The molecule has 0 bridgehead atoms. The Balaban J connectivity index is 1.17. The van der Waals surface area contributed by atoms with Crippen LogP contribution in [0.25, 0.3) is 0 Å². The quantitative estimate of drug-likeness (QED) is 0.0987. The van der Waals surface area contributed by atoms with Crippen molar-refractivity contribution in [2.75, 3.05) is 59.5 Å². The molecule has 0 saturated carbocycles. The predicted octanol–water partition coefficient (Wildman–Crippen LogP) is 8.44. The number of anilines is 1. The summed E-state index contributed by atoms with van der Waals surface area (Å²) in [5.41, 5.74) is 1.39. The van der Waals surface area contributed by atoms with Crippen molar-refractivity contribution in [2.24, 2.45) is 11.8 Å². The van der Waals surface area contributed by atoms with E-state index in [4.69, 9.17) is 30.5 Å². The molecule has 16 heteroatoms. The largest absolute Gasteiger partial charge is 0.497 e. The van der Waals surface area contributed by atoms with Crippen LogP contribution < -0.4 is 19.1 Å². The number of aromatic carboxylic acids is 1. The number of allylic oxidation sites excluding steroid dienone is 1. The van der Waals surface area contributed by atoms with Crippen LogP contribution in [-0.2, 0) is 44.5 Å². The van der Waals surface area contributed by atoms with Crippen molar-refractivity contribution < 1.29 is 51.6 Å². The molecule has 1 spiro atoms. The minimum atomic E-state index is -4.04. The van der Waals surface area contributed by atoms with Crippen LogP contribution in [0.4, 0.5) is 10.1 Å². The van der Waals surface area contributed by atoms with Crippen molar-refractivity contribution in [3.8, 4) is 17.2 Å². The van der Waals surface area contributed by atoms with Crippen molar-refractivity contribution >= 4 is 39.2 Å². The lowest BCUT2D eigenvalue weighted by atomic mass is 9.70. The summed E-state index contributed by atoms with van der Waals surface area (Å²) in [6, 6.07) is 25.0. The highest BCUT2D eigenvalue weighted by molar-refractivity contribution is 7.89. The first-order valence-corrected chi connectivity index (χ1v) is 24.9. The number of nitrogens with zero attached hydrogens (tertiary/aromatic N) is 3. The van der Waals surface area contributed by atoms with Crippen LogP contribution in [0.1, 0.15) is 78.6 Å². The van der Waals surface area contributed by atoms with Gasteiger partial charge in [0.05, 0.1) is 49.9 Å². The number of rotatable bonds is 18. The molecule has 0 radical (unpaired) electrons. The number of carbonyl (C=O) groups excluding carboxylic acids is 1. The van der Waals surface area contributed by atoms with Crippen LogP contribution in [-0.4, -0.2) is 111 Å². The minimum Gasteiger partial charge on any atom is -0.497 e. The zero-order valence-corrected chi connectivity index (χ0v) is 41.2. The third kappa shape index (κ3) is 11.0. The van der Waals surface area contributed by atoms with Gasteiger partial charge >= 0.3 is 5.97 Å². The normalized spacial score (nSPS) is 21.2. The zero-order chi connectivity index (χ0) is 49.0. The maximum atomic E-state index is 17.3. The van der Waals surface area contributed by atoms with Crippen LogP contribution in [0.15, 0.2) is 96.8 Å². The van der Waals surface area contributed by atoms with Crippen molar-refractivity contribution in [1.82, 2.24) is 9.21 Å². The number of methoxy groups -OCH3 is 2. The molecule has 366 valence electrons. The molecule has 1 saturated heterocycles. The molecule has 3 aliphatic rings. The van der Waals surface area contributed by atoms with Gasteiger partial charge in [0.25, 0.3) is 0 Å². The van der Waals surface area contributed by atoms with Gasteiger partial charge in [0.15, 0.2) is 5.60 Å². The topological polar surface area (TPSA) is 155 Å². The van der Waals surface area contributed by atoms with E-state index in [1.807, 2.05) is 42.5 Å². The van der Waals surface area contributed by atoms with Gasteiger partial charge in [-0.15, -0.1) is 0 Å². The summed E-state index contributed by atoms with van der Waals surface area (Å²) in [4.78, 5) is 29.2. The van der Waals surface area contributed by atoms with E-state index in [1.165, 1.54) is 35.4 Å². The number of hydrogen-bond acceptors (Lipinski definition) is 10. The summed E-state index contributed by atoms with van der Waals surface area (Å²) >= 11 is 6.46. The molecule has 4 aromatic rings. The van der Waals surface area contributed by atoms with E-state index in [9.17, 15) is 28.2 Å². The highest BCUT2D eigenvalue weighted by Gasteiger charge is 2.51. The number of sulfonamides is 1. The monoisotopic (exact) mass is 975 g/mol. The molecule has 2 aliphatic heterocycles. The van der Waals surface area contributed by atoms with E-state index in [0.29, 0.717) is 47.5 Å². The summed E-state index contributed by atoms with van der Waals surface area (Å²) in [6.07, 6.45) is 2.20. The molecule has 2 N–H and O–H groups in total. The fraction of sp³-hybridized carbons (Fsp3) is 0.462. The molecule has 6 atom stereocenters. The van der Waals surface area contributed by atoms with Crippen molar-refractivity contribution in [3.05, 3.63) is 130 Å². The maximum Gasteiger partial charge on any atom is 0.335 e. The number of carboxylic acid groups (broad SMARTS) is 1. The summed E-state index contributed by atoms with van der Waals surface area (Å²) in [5.74, 6) is -2.04. The number of hydrogen-bond donors (Lipinski definition) is 2. The Morgan fingerprint density at radius 2 is 1.63 bits per heavy atom. The first-order chi connectivity index (χ1) is 32.4. The van der Waals surface area contributed by atoms with Gasteiger partial charge in [-0.05, 0) is 128 Å². The molecule has 0 aromatic heterocycles. The minimum absolute atomic E-state index is 0.0691. The Morgan fingerprint density at radius 3 is 2.24 bits per heavy atom. The Kier molecular flexibility index (Phi) is 15.8. The second-order valence-corrected chi connectivity index (χ2v) is 21.5. The Bertz CT molecular complexity index is 2530. The SMILES string of the molecule is COc1ccc(CN(Cc2ccc(OC)cc2)S(=O)(=O)[C@H](C)[C@@H](C)C/C=C(\F)C(O)(CC(=O)N(C)C)[C@@H]2OCC[C@H]2CN2C[C@@]3(CCCc4cc(Cl)ccc43)COc3ccc(C(=O)O)cc32)cc1. The summed E-state index contributed by atoms with van der Waals surface area (Å²) in [7, 11) is 2.13. The second kappa shape index (κ2) is 21.2. The van der Waals surface area contributed by atoms with Gasteiger partial charge < -0.3 is 39.0 Å². The van der Waals surface area contributed by atoms with Gasteiger partial charge in [-0.3, -0.25) is 4.79 Å². The number of aryl methyl sites for hydroxylation is 1. The van der Waals surface area contributed by atoms with Crippen LogP contribution in [0.5, 0.6) is 17.2 Å². The van der Waals surface area contributed by atoms with Crippen LogP contribution in [0.3, 0.4) is 0 Å². The fourth-order valence-corrected chi connectivity index (χ4v) is 11.9. The maximum absolute atomic E-state index is 17.3. The molecule has 68 heavy (non-hydrogen) atoms. The summed E-state index contributed by atoms with van der Waals surface area (Å²) in [6.45, 7) is 4.60. The van der Waals surface area contributed by atoms with E-state index in [0.717, 1.165) is 41.5 Å². The smallest absolute Gasteiger partial charge is 0.335 e. The predicted molar refractivity (Wildman–Crippen MR) is 260 cm³/mol. The fourth-order valence-electron chi connectivity index (χ4n) is 9.88. The molecule has 13 nitrogen and oxygen atoms in total. The number of carboxylic acids is 1. The standard InChI is InChI=1S/C52H63ClFN3O10S/c1-34(35(2)68(62,63)57(29-36-10-16-42(64-5)17-11-36)30-37-12-18-43(65-6)19-13-37)9-22-47(54)52(61,28-48(58)55(3)4)49-40(23-25-66-49)31-56-32-51(24-7-8-38-26-41(53)15-20-44(38)51)33-67-46-21-14-39(50(59)60)27-45(46)56/h10-22,26-27,34-35,40,49,61H,7-9,23-25,28-33H2,1-6H3,(H,59,60)/b47-22-/t34-,35+,40-,49+,51-,52?/m0/s1. The lowest BCUT2D eigenvalue weighted by Crippen LogP contribution is -2.52. The van der Waals surface area contributed by atoms with Crippen LogP contribution in [0, 0.1) is 11.8 Å². The molecule has 1 unspecified atom stereocenters. The highest BCUT2D eigenvalue weighted by Crippen LogP contribution is 2.46. The molecule has 1 fully saturated rings. The Hall–Kier alpha value is -5.19. The number of benzene rings is 4. The van der Waals surface area contributed by atoms with E-state index < -0.39 is 68.4 Å². The van der Waals surface area contributed by atoms with Gasteiger partial charge in [0, 0.05) is 63.2 Å². The third-order valence-electron chi connectivity index (χ3n) is 14.1. The third-order valence-corrected chi connectivity index (χ3v) is 16.7. The van der Waals surface area contributed by atoms with Crippen LogP contribution >= 0.6 is 11.6 Å². The van der Waals surface area contributed by atoms with Crippen molar-refractivity contribution in [2.45, 2.75) is 87.8 Å². The lowest BCUT2D eigenvalue weighted by Gasteiger charge is -2.42. The Labute approximate surface area is 404 Å². The molecular weight excluding hydrogens is 913 g/mol. The molecule has 7 rings (SSSR count). The van der Waals surface area contributed by atoms with Crippen molar-refractivity contribution in [3.63, 3.8) is 0 Å². The molecule has 4 aromatic carbocycles. The van der Waals surface area contributed by atoms with E-state index in [-0.39, 0.29) is 38.2 Å². The average molecular weight is 977 g/mol. The lowest BCUT2D eigenvalue weighted by molar-refractivity contribution is -0.141. The van der Waals surface area contributed by atoms with Gasteiger partial charge in [-0.1, -0.05) is 48.9 Å². The van der Waals surface area contributed by atoms with E-state index in [2.05, 4.69) is 4.90 Å². The number of halogens is 2. The summed E-state index contributed by atoms with van der Waals surface area (Å²) < 4.78 is 71.3. The summed E-state index contributed by atoms with van der Waals surface area (Å²) in [5, 5.41) is 22.4. The zero-order valence-electron chi connectivity index (χ0n) is 39.6. The number of carbonyl (C=O) groups is 2. The molecule has 1 amide bonds. The van der Waals surface area contributed by atoms with E-state index in [1.54, 1.807) is 64.5 Å². The average Bonchev–Trinajstić information content (AvgIpc) is 3.75. The molecular formula is C52H63ClFN3O10S. The van der Waals surface area contributed by atoms with Gasteiger partial charge in [0.1, 0.15) is 23.1 Å². The molecule has 1 aliphatic carbocycles. The van der Waals surface area contributed by atoms with Gasteiger partial charge in [-0.2, -0.15) is 4.31 Å². The number of aliphatic hydroxyl groups is 1. The number of amides is 1. The Morgan fingerprint density at radius 1 is 0.985 bits per heavy atom. The first-order valence-electron chi connectivity index (χ1n) is 23.1. The van der Waals surface area contributed by atoms with E-state index >= 15 is 4.39 Å².